The molecule has 0 spiro atoms. The minimum atomic E-state index is -0.597. The zero-order chi connectivity index (χ0) is 17.8. The van der Waals surface area contributed by atoms with E-state index in [1.807, 2.05) is 0 Å². The highest BCUT2D eigenvalue weighted by Gasteiger charge is 2.27. The van der Waals surface area contributed by atoms with Crippen LogP contribution in [0.4, 0.5) is 10.1 Å². The van der Waals surface area contributed by atoms with Crippen LogP contribution in [0.15, 0.2) is 43.1 Å². The Balaban J connectivity index is 1.59. The highest BCUT2D eigenvalue weighted by molar-refractivity contribution is 5.96. The van der Waals surface area contributed by atoms with Crippen LogP contribution in [0.5, 0.6) is 0 Å². The Morgan fingerprint density at radius 2 is 2.16 bits per heavy atom. The maximum absolute atomic E-state index is 13.3. The summed E-state index contributed by atoms with van der Waals surface area (Å²) in [4.78, 5) is 27.8. The smallest absolute Gasteiger partial charge is 0.253 e. The zero-order valence-corrected chi connectivity index (χ0v) is 13.5. The van der Waals surface area contributed by atoms with E-state index < -0.39 is 6.10 Å². The van der Waals surface area contributed by atoms with Gasteiger partial charge in [-0.05, 0) is 43.2 Å². The SMILES string of the molecule is C=CC(=O)N[C@@H]1CC[C@@H](C(=O)Nc2cnc3ccc(F)cc3c2)OC1. The second-order valence-corrected chi connectivity index (χ2v) is 5.86. The number of halogens is 1. The molecule has 2 atom stereocenters. The van der Waals surface area contributed by atoms with Gasteiger partial charge >= 0.3 is 0 Å². The van der Waals surface area contributed by atoms with E-state index in [0.29, 0.717) is 29.4 Å². The number of nitrogens with zero attached hydrogens (tertiary/aromatic N) is 1. The lowest BCUT2D eigenvalue weighted by Gasteiger charge is -2.28. The van der Waals surface area contributed by atoms with E-state index in [4.69, 9.17) is 4.74 Å². The lowest BCUT2D eigenvalue weighted by atomic mass is 10.0. The normalized spacial score (nSPS) is 20.0. The fraction of sp³-hybridized carbons (Fsp3) is 0.278. The van der Waals surface area contributed by atoms with Crippen molar-refractivity contribution >= 4 is 28.4 Å². The summed E-state index contributed by atoms with van der Waals surface area (Å²) in [6.45, 7) is 3.66. The summed E-state index contributed by atoms with van der Waals surface area (Å²) in [5, 5.41) is 6.09. The van der Waals surface area contributed by atoms with Crippen LogP contribution in [0.3, 0.4) is 0 Å². The second kappa shape index (κ2) is 7.40. The van der Waals surface area contributed by atoms with E-state index in [1.165, 1.54) is 24.4 Å². The number of nitrogens with one attached hydrogen (secondary N) is 2. The van der Waals surface area contributed by atoms with E-state index in [2.05, 4.69) is 22.2 Å². The third-order valence-electron chi connectivity index (χ3n) is 4.01. The number of rotatable bonds is 4. The van der Waals surface area contributed by atoms with Crippen molar-refractivity contribution in [2.75, 3.05) is 11.9 Å². The lowest BCUT2D eigenvalue weighted by Crippen LogP contribution is -2.45. The molecule has 1 saturated heterocycles. The minimum Gasteiger partial charge on any atom is -0.366 e. The van der Waals surface area contributed by atoms with Crippen molar-refractivity contribution in [3.05, 3.63) is 48.9 Å². The fourth-order valence-electron chi connectivity index (χ4n) is 2.73. The molecule has 25 heavy (non-hydrogen) atoms. The number of aromatic nitrogens is 1. The van der Waals surface area contributed by atoms with Crippen LogP contribution in [0, 0.1) is 5.82 Å². The van der Waals surface area contributed by atoms with Crippen LogP contribution in [0.2, 0.25) is 0 Å². The number of anilines is 1. The van der Waals surface area contributed by atoms with Gasteiger partial charge in [-0.1, -0.05) is 6.58 Å². The molecule has 0 bridgehead atoms. The Kier molecular flexibility index (Phi) is 5.04. The standard InChI is InChI=1S/C18H18FN3O3/c1-2-17(23)21-13-4-6-16(25-10-13)18(24)22-14-8-11-7-12(19)3-5-15(11)20-9-14/h2-3,5,7-9,13,16H,1,4,6,10H2,(H,21,23)(H,22,24)/t13-,16+/m1/s1. The average molecular weight is 343 g/mol. The second-order valence-electron chi connectivity index (χ2n) is 5.86. The number of hydrogen-bond acceptors (Lipinski definition) is 4. The van der Waals surface area contributed by atoms with Gasteiger partial charge in [0, 0.05) is 5.39 Å². The molecule has 3 rings (SSSR count). The zero-order valence-electron chi connectivity index (χ0n) is 13.5. The van der Waals surface area contributed by atoms with Crippen molar-refractivity contribution in [1.82, 2.24) is 10.3 Å². The highest BCUT2D eigenvalue weighted by Crippen LogP contribution is 2.20. The summed E-state index contributed by atoms with van der Waals surface area (Å²) < 4.78 is 18.8. The van der Waals surface area contributed by atoms with Crippen LogP contribution in [0.1, 0.15) is 12.8 Å². The first-order valence-corrected chi connectivity index (χ1v) is 7.96. The molecule has 0 saturated carbocycles. The van der Waals surface area contributed by atoms with Gasteiger partial charge in [-0.2, -0.15) is 0 Å². The molecule has 1 aromatic carbocycles. The van der Waals surface area contributed by atoms with Crippen molar-refractivity contribution in [3.63, 3.8) is 0 Å². The third kappa shape index (κ3) is 4.19. The number of benzene rings is 1. The number of fused-ring (bicyclic) bond motifs is 1. The van der Waals surface area contributed by atoms with Crippen LogP contribution in [-0.2, 0) is 14.3 Å². The van der Waals surface area contributed by atoms with Crippen molar-refractivity contribution in [1.29, 1.82) is 0 Å². The molecule has 0 aliphatic carbocycles. The molecular weight excluding hydrogens is 325 g/mol. The fourth-order valence-corrected chi connectivity index (χ4v) is 2.73. The summed E-state index contributed by atoms with van der Waals surface area (Å²) in [7, 11) is 0. The summed E-state index contributed by atoms with van der Waals surface area (Å²) in [5.41, 5.74) is 1.13. The summed E-state index contributed by atoms with van der Waals surface area (Å²) in [6, 6.07) is 5.82. The molecule has 0 unspecified atom stereocenters. The summed E-state index contributed by atoms with van der Waals surface area (Å²) in [6.07, 6.45) is 3.25. The van der Waals surface area contributed by atoms with E-state index in [9.17, 15) is 14.0 Å². The van der Waals surface area contributed by atoms with Crippen LogP contribution >= 0.6 is 0 Å². The average Bonchev–Trinajstić information content (AvgIpc) is 2.61. The van der Waals surface area contributed by atoms with Gasteiger partial charge in [-0.3, -0.25) is 14.6 Å². The lowest BCUT2D eigenvalue weighted by molar-refractivity contribution is -0.131. The molecular formula is C18H18FN3O3. The molecule has 2 heterocycles. The molecule has 1 aliphatic rings. The van der Waals surface area contributed by atoms with Crippen LogP contribution < -0.4 is 10.6 Å². The Morgan fingerprint density at radius 3 is 2.88 bits per heavy atom. The Bertz CT molecular complexity index is 816. The van der Waals surface area contributed by atoms with Crippen molar-refractivity contribution < 1.29 is 18.7 Å². The van der Waals surface area contributed by atoms with Gasteiger partial charge < -0.3 is 15.4 Å². The van der Waals surface area contributed by atoms with E-state index >= 15 is 0 Å². The van der Waals surface area contributed by atoms with Crippen molar-refractivity contribution in [2.45, 2.75) is 25.0 Å². The Labute approximate surface area is 144 Å². The largest absolute Gasteiger partial charge is 0.366 e. The van der Waals surface area contributed by atoms with E-state index in [0.717, 1.165) is 0 Å². The number of ether oxygens (including phenoxy) is 1. The molecule has 130 valence electrons. The summed E-state index contributed by atoms with van der Waals surface area (Å²) >= 11 is 0. The predicted molar refractivity (Wildman–Crippen MR) is 91.4 cm³/mol. The number of pyridine rings is 1. The van der Waals surface area contributed by atoms with Gasteiger partial charge in [0.1, 0.15) is 11.9 Å². The van der Waals surface area contributed by atoms with Gasteiger partial charge in [0.05, 0.1) is 30.0 Å². The maximum atomic E-state index is 13.3. The minimum absolute atomic E-state index is 0.125. The van der Waals surface area contributed by atoms with E-state index in [-0.39, 0.29) is 30.3 Å². The van der Waals surface area contributed by atoms with Crippen LogP contribution in [0.25, 0.3) is 10.9 Å². The molecule has 1 fully saturated rings. The van der Waals surface area contributed by atoms with Gasteiger partial charge in [0.2, 0.25) is 5.91 Å². The molecule has 7 heteroatoms. The molecule has 2 N–H and O–H groups in total. The first-order chi connectivity index (χ1) is 12.0. The monoisotopic (exact) mass is 343 g/mol. The first kappa shape index (κ1) is 17.0. The Hall–Kier alpha value is -2.80. The van der Waals surface area contributed by atoms with Gasteiger partial charge in [0.25, 0.3) is 5.91 Å². The quantitative estimate of drug-likeness (QED) is 0.834. The van der Waals surface area contributed by atoms with Gasteiger partial charge in [0.15, 0.2) is 0 Å². The van der Waals surface area contributed by atoms with Crippen molar-refractivity contribution in [2.24, 2.45) is 0 Å². The molecule has 6 nitrogen and oxygen atoms in total. The number of amides is 2. The third-order valence-corrected chi connectivity index (χ3v) is 4.01. The Morgan fingerprint density at radius 1 is 1.32 bits per heavy atom. The molecule has 0 radical (unpaired) electrons. The topological polar surface area (TPSA) is 80.3 Å². The van der Waals surface area contributed by atoms with Gasteiger partial charge in [-0.25, -0.2) is 4.39 Å². The highest BCUT2D eigenvalue weighted by atomic mass is 19.1. The van der Waals surface area contributed by atoms with Crippen LogP contribution in [-0.4, -0.2) is 35.6 Å². The number of carbonyl (C=O) groups is 2. The number of hydrogen-bond donors (Lipinski definition) is 2. The molecule has 2 amide bonds. The number of carbonyl (C=O) groups excluding carboxylic acids is 2. The maximum Gasteiger partial charge on any atom is 0.253 e. The summed E-state index contributed by atoms with van der Waals surface area (Å²) in [5.74, 6) is -0.905. The molecule has 1 aliphatic heterocycles. The predicted octanol–water partition coefficient (Wildman–Crippen LogP) is 2.16. The van der Waals surface area contributed by atoms with E-state index in [1.54, 1.807) is 12.1 Å². The van der Waals surface area contributed by atoms with Crippen molar-refractivity contribution in [3.8, 4) is 0 Å². The first-order valence-electron chi connectivity index (χ1n) is 7.96. The molecule has 1 aromatic heterocycles. The van der Waals surface area contributed by atoms with Gasteiger partial charge in [-0.15, -0.1) is 0 Å². The molecule has 2 aromatic rings.